The van der Waals surface area contributed by atoms with Crippen LogP contribution in [0.2, 0.25) is 0 Å². The maximum absolute atomic E-state index is 11.7. The lowest BCUT2D eigenvalue weighted by Gasteiger charge is -2.34. The van der Waals surface area contributed by atoms with Crippen molar-refractivity contribution >= 4 is 12.0 Å². The lowest BCUT2D eigenvalue weighted by molar-refractivity contribution is -0.135. The number of carbonyl (C=O) groups excluding carboxylic acids is 1. The molecule has 1 rings (SSSR count). The van der Waals surface area contributed by atoms with Gasteiger partial charge in [0.05, 0.1) is 6.61 Å². The molecule has 1 aliphatic heterocycles. The number of carboxylic acid groups (broad SMARTS) is 1. The summed E-state index contributed by atoms with van der Waals surface area (Å²) in [7, 11) is 1.48. The molecule has 1 aliphatic rings. The van der Waals surface area contributed by atoms with E-state index in [0.717, 1.165) is 0 Å². The summed E-state index contributed by atoms with van der Waals surface area (Å²) in [6.45, 7) is 1.63. The molecule has 16 heavy (non-hydrogen) atoms. The molecular weight excluding hydrogens is 214 g/mol. The van der Waals surface area contributed by atoms with Crippen molar-refractivity contribution in [1.82, 2.24) is 9.80 Å². The van der Waals surface area contributed by atoms with E-state index >= 15 is 0 Å². The summed E-state index contributed by atoms with van der Waals surface area (Å²) in [6, 6.07) is -0.665. The molecule has 3 N–H and O–H groups in total. The number of ether oxygens (including phenoxy) is 1. The Morgan fingerprint density at radius 3 is 2.25 bits per heavy atom. The Balaban J connectivity index is 2.41. The fourth-order valence-corrected chi connectivity index (χ4v) is 1.60. The number of amides is 2. The summed E-state index contributed by atoms with van der Waals surface area (Å²) in [6.07, 6.45) is -0.951. The van der Waals surface area contributed by atoms with Crippen molar-refractivity contribution in [3.05, 3.63) is 0 Å². The van der Waals surface area contributed by atoms with Crippen molar-refractivity contribution < 1.29 is 19.4 Å². The van der Waals surface area contributed by atoms with Gasteiger partial charge in [-0.2, -0.15) is 0 Å². The van der Waals surface area contributed by atoms with Crippen molar-refractivity contribution in [2.24, 2.45) is 5.73 Å². The first-order valence-corrected chi connectivity index (χ1v) is 5.07. The lowest BCUT2D eigenvalue weighted by Crippen LogP contribution is -2.54. The van der Waals surface area contributed by atoms with E-state index in [9.17, 15) is 9.59 Å². The Morgan fingerprint density at radius 2 is 1.81 bits per heavy atom. The van der Waals surface area contributed by atoms with Gasteiger partial charge in [0.2, 0.25) is 5.91 Å². The average Bonchev–Trinajstić information content (AvgIpc) is 2.28. The second kappa shape index (κ2) is 5.66. The molecule has 0 bridgehead atoms. The van der Waals surface area contributed by atoms with Crippen molar-refractivity contribution in [3.8, 4) is 0 Å². The molecule has 0 aromatic rings. The molecule has 0 spiro atoms. The van der Waals surface area contributed by atoms with Crippen LogP contribution < -0.4 is 5.73 Å². The molecule has 7 nitrogen and oxygen atoms in total. The van der Waals surface area contributed by atoms with Gasteiger partial charge >= 0.3 is 6.09 Å². The maximum atomic E-state index is 11.7. The Hall–Kier alpha value is -1.34. The molecule has 0 saturated carbocycles. The van der Waals surface area contributed by atoms with Crippen LogP contribution in [0.5, 0.6) is 0 Å². The summed E-state index contributed by atoms with van der Waals surface area (Å²) in [5.74, 6) is -0.188. The topological polar surface area (TPSA) is 96.1 Å². The fourth-order valence-electron chi connectivity index (χ4n) is 1.60. The molecule has 92 valence electrons. The first-order chi connectivity index (χ1) is 7.56. The standard InChI is InChI=1S/C9H17N3O4/c1-16-6-7(10)8(13)11-2-4-12(5-3-11)9(14)15/h7H,2-6,10H2,1H3,(H,14,15)/t7-/m0/s1. The van der Waals surface area contributed by atoms with Gasteiger partial charge in [0.15, 0.2) is 0 Å². The van der Waals surface area contributed by atoms with Crippen LogP contribution in [0.15, 0.2) is 0 Å². The summed E-state index contributed by atoms with van der Waals surface area (Å²) in [5.41, 5.74) is 5.61. The molecule has 0 aromatic heterocycles. The van der Waals surface area contributed by atoms with Gasteiger partial charge in [-0.3, -0.25) is 4.79 Å². The molecule has 0 aromatic carbocycles. The first-order valence-electron chi connectivity index (χ1n) is 5.07. The van der Waals surface area contributed by atoms with Crippen molar-refractivity contribution in [1.29, 1.82) is 0 Å². The molecular formula is C9H17N3O4. The predicted octanol–water partition coefficient (Wildman–Crippen LogP) is -1.22. The molecule has 1 saturated heterocycles. The number of piperazine rings is 1. The third kappa shape index (κ3) is 3.07. The normalized spacial score (nSPS) is 18.4. The van der Waals surface area contributed by atoms with Crippen LogP contribution in [0, 0.1) is 0 Å². The number of carbonyl (C=O) groups is 2. The average molecular weight is 231 g/mol. The zero-order valence-electron chi connectivity index (χ0n) is 9.26. The summed E-state index contributed by atoms with van der Waals surface area (Å²) in [5, 5.41) is 8.73. The molecule has 2 amide bonds. The van der Waals surface area contributed by atoms with Gasteiger partial charge < -0.3 is 25.4 Å². The van der Waals surface area contributed by atoms with Crippen LogP contribution in [-0.2, 0) is 9.53 Å². The lowest BCUT2D eigenvalue weighted by atomic mass is 10.2. The van der Waals surface area contributed by atoms with Gasteiger partial charge in [0.25, 0.3) is 0 Å². The number of rotatable bonds is 3. The van der Waals surface area contributed by atoms with Crippen LogP contribution in [0.3, 0.4) is 0 Å². The zero-order valence-corrected chi connectivity index (χ0v) is 9.26. The van der Waals surface area contributed by atoms with Crippen molar-refractivity contribution in [3.63, 3.8) is 0 Å². The minimum atomic E-state index is -0.951. The molecule has 0 unspecified atom stereocenters. The third-order valence-corrected chi connectivity index (χ3v) is 2.53. The monoisotopic (exact) mass is 231 g/mol. The predicted molar refractivity (Wildman–Crippen MR) is 56.0 cm³/mol. The van der Waals surface area contributed by atoms with Crippen LogP contribution >= 0.6 is 0 Å². The molecule has 1 heterocycles. The molecule has 0 radical (unpaired) electrons. The smallest absolute Gasteiger partial charge is 0.407 e. The maximum Gasteiger partial charge on any atom is 0.407 e. The Morgan fingerprint density at radius 1 is 1.31 bits per heavy atom. The third-order valence-electron chi connectivity index (χ3n) is 2.53. The number of methoxy groups -OCH3 is 1. The highest BCUT2D eigenvalue weighted by Gasteiger charge is 2.26. The largest absolute Gasteiger partial charge is 0.465 e. The Kier molecular flexibility index (Phi) is 4.51. The van der Waals surface area contributed by atoms with E-state index in [1.54, 1.807) is 4.90 Å². The molecule has 1 fully saturated rings. The first kappa shape index (κ1) is 12.7. The summed E-state index contributed by atoms with van der Waals surface area (Å²) in [4.78, 5) is 25.2. The van der Waals surface area contributed by atoms with Gasteiger partial charge in [0.1, 0.15) is 6.04 Å². The molecule has 0 aliphatic carbocycles. The van der Waals surface area contributed by atoms with E-state index in [2.05, 4.69) is 0 Å². The highest BCUT2D eigenvalue weighted by atomic mass is 16.5. The molecule has 1 atom stereocenters. The van der Waals surface area contributed by atoms with Gasteiger partial charge in [-0.05, 0) is 0 Å². The van der Waals surface area contributed by atoms with Gasteiger partial charge in [-0.25, -0.2) is 4.79 Å². The van der Waals surface area contributed by atoms with Crippen LogP contribution in [0.1, 0.15) is 0 Å². The van der Waals surface area contributed by atoms with Crippen LogP contribution in [0.4, 0.5) is 4.79 Å². The second-order valence-corrected chi connectivity index (χ2v) is 3.66. The number of hydrogen-bond donors (Lipinski definition) is 2. The SMILES string of the molecule is COC[C@H](N)C(=O)N1CCN(C(=O)O)CC1. The van der Waals surface area contributed by atoms with Gasteiger partial charge in [0, 0.05) is 33.3 Å². The van der Waals surface area contributed by atoms with E-state index in [4.69, 9.17) is 15.6 Å². The zero-order chi connectivity index (χ0) is 12.1. The van der Waals surface area contributed by atoms with Gasteiger partial charge in [-0.1, -0.05) is 0 Å². The van der Waals surface area contributed by atoms with Crippen molar-refractivity contribution in [2.45, 2.75) is 6.04 Å². The number of nitrogens with two attached hydrogens (primary N) is 1. The number of hydrogen-bond acceptors (Lipinski definition) is 4. The van der Waals surface area contributed by atoms with E-state index in [1.165, 1.54) is 12.0 Å². The van der Waals surface area contributed by atoms with Crippen LogP contribution in [0.25, 0.3) is 0 Å². The van der Waals surface area contributed by atoms with E-state index in [1.807, 2.05) is 0 Å². The highest BCUT2D eigenvalue weighted by molar-refractivity contribution is 5.82. The van der Waals surface area contributed by atoms with E-state index < -0.39 is 12.1 Å². The summed E-state index contributed by atoms with van der Waals surface area (Å²) < 4.78 is 4.80. The Bertz CT molecular complexity index is 263. The van der Waals surface area contributed by atoms with Gasteiger partial charge in [-0.15, -0.1) is 0 Å². The fraction of sp³-hybridized carbons (Fsp3) is 0.778. The minimum absolute atomic E-state index is 0.179. The van der Waals surface area contributed by atoms with E-state index in [-0.39, 0.29) is 12.5 Å². The molecule has 7 heteroatoms. The second-order valence-electron chi connectivity index (χ2n) is 3.66. The summed E-state index contributed by atoms with van der Waals surface area (Å²) >= 11 is 0. The quantitative estimate of drug-likeness (QED) is 0.635. The number of nitrogens with zero attached hydrogens (tertiary/aromatic N) is 2. The Labute approximate surface area is 93.7 Å². The van der Waals surface area contributed by atoms with E-state index in [0.29, 0.717) is 26.2 Å². The minimum Gasteiger partial charge on any atom is -0.465 e. The van der Waals surface area contributed by atoms with Crippen molar-refractivity contribution in [2.75, 3.05) is 39.9 Å². The van der Waals surface area contributed by atoms with Crippen LogP contribution in [-0.4, -0.2) is 72.8 Å². The highest BCUT2D eigenvalue weighted by Crippen LogP contribution is 2.03.